The first-order valence-electron chi connectivity index (χ1n) is 9.01. The van der Waals surface area contributed by atoms with Gasteiger partial charge in [0.25, 0.3) is 5.91 Å². The summed E-state index contributed by atoms with van der Waals surface area (Å²) in [6.07, 6.45) is 4.09. The lowest BCUT2D eigenvalue weighted by atomic mass is 10.1. The van der Waals surface area contributed by atoms with Crippen LogP contribution in [0.3, 0.4) is 0 Å². The second kappa shape index (κ2) is 8.86. The molecule has 142 valence electrons. The van der Waals surface area contributed by atoms with Gasteiger partial charge in [0.2, 0.25) is 0 Å². The van der Waals surface area contributed by atoms with Crippen LogP contribution in [0.5, 0.6) is 0 Å². The molecule has 6 nitrogen and oxygen atoms in total. The number of hydrogen-bond donors (Lipinski definition) is 1. The van der Waals surface area contributed by atoms with Crippen LogP contribution >= 0.6 is 11.6 Å². The maximum Gasteiger partial charge on any atom is 0.340 e. The zero-order chi connectivity index (χ0) is 19.2. The minimum absolute atomic E-state index is 0.241. The molecule has 0 saturated carbocycles. The zero-order valence-corrected chi connectivity index (χ0v) is 15.9. The fourth-order valence-corrected chi connectivity index (χ4v) is 3.04. The number of anilines is 2. The van der Waals surface area contributed by atoms with Gasteiger partial charge in [0.05, 0.1) is 5.56 Å². The number of carbonyl (C=O) groups excluding carboxylic acids is 2. The van der Waals surface area contributed by atoms with Crippen LogP contribution in [-0.2, 0) is 9.53 Å². The van der Waals surface area contributed by atoms with Gasteiger partial charge in [-0.2, -0.15) is 0 Å². The van der Waals surface area contributed by atoms with E-state index in [1.165, 1.54) is 44.5 Å². The molecular weight excluding hydrogens is 366 g/mol. The standard InChI is InChI=1S/C20H22ClN3O3/c1-14(27-20(26)15-5-10-18(21)22-13-15)19(25)23-16-6-8-17(9-7-16)24-11-3-2-4-12-24/h5-10,13-14H,2-4,11-12H2,1H3,(H,23,25)/t14-/m1/s1. The molecule has 1 aromatic carbocycles. The quantitative estimate of drug-likeness (QED) is 0.622. The Bertz CT molecular complexity index is 787. The number of ether oxygens (including phenoxy) is 1. The number of aromatic nitrogens is 1. The fourth-order valence-electron chi connectivity index (χ4n) is 2.93. The smallest absolute Gasteiger partial charge is 0.340 e. The molecule has 1 aromatic heterocycles. The van der Waals surface area contributed by atoms with Crippen molar-refractivity contribution >= 4 is 34.9 Å². The molecule has 3 rings (SSSR count). The molecule has 1 saturated heterocycles. The van der Waals surface area contributed by atoms with Gasteiger partial charge in [-0.15, -0.1) is 0 Å². The molecule has 0 aliphatic carbocycles. The summed E-state index contributed by atoms with van der Waals surface area (Å²) < 4.78 is 5.19. The molecule has 1 fully saturated rings. The van der Waals surface area contributed by atoms with Crippen molar-refractivity contribution in [1.29, 1.82) is 0 Å². The summed E-state index contributed by atoms with van der Waals surface area (Å²) >= 11 is 5.69. The Morgan fingerprint density at radius 2 is 1.81 bits per heavy atom. The van der Waals surface area contributed by atoms with E-state index in [0.29, 0.717) is 5.69 Å². The van der Waals surface area contributed by atoms with Gasteiger partial charge >= 0.3 is 5.97 Å². The predicted octanol–water partition coefficient (Wildman–Crippen LogP) is 3.91. The Kier molecular flexibility index (Phi) is 6.29. The van der Waals surface area contributed by atoms with Gasteiger partial charge in [0.1, 0.15) is 5.15 Å². The van der Waals surface area contributed by atoms with Gasteiger partial charge in [0, 0.05) is 30.7 Å². The average molecular weight is 388 g/mol. The highest BCUT2D eigenvalue weighted by Gasteiger charge is 2.19. The number of esters is 1. The van der Waals surface area contributed by atoms with Crippen LogP contribution in [-0.4, -0.2) is 36.1 Å². The molecule has 7 heteroatoms. The number of amides is 1. The lowest BCUT2D eigenvalue weighted by molar-refractivity contribution is -0.123. The maximum atomic E-state index is 12.3. The summed E-state index contributed by atoms with van der Waals surface area (Å²) in [6, 6.07) is 10.7. The van der Waals surface area contributed by atoms with Crippen LogP contribution in [0, 0.1) is 0 Å². The van der Waals surface area contributed by atoms with Crippen LogP contribution < -0.4 is 10.2 Å². The van der Waals surface area contributed by atoms with Crippen LogP contribution in [0.4, 0.5) is 11.4 Å². The zero-order valence-electron chi connectivity index (χ0n) is 15.2. The number of hydrogen-bond acceptors (Lipinski definition) is 5. The van der Waals surface area contributed by atoms with Crippen LogP contribution in [0.25, 0.3) is 0 Å². The highest BCUT2D eigenvalue weighted by atomic mass is 35.5. The molecular formula is C20H22ClN3O3. The Hall–Kier alpha value is -2.60. The summed E-state index contributed by atoms with van der Waals surface area (Å²) in [6.45, 7) is 3.66. The van der Waals surface area contributed by atoms with Crippen molar-refractivity contribution in [1.82, 2.24) is 4.98 Å². The highest BCUT2D eigenvalue weighted by molar-refractivity contribution is 6.29. The second-order valence-electron chi connectivity index (χ2n) is 6.50. The number of halogens is 1. The van der Waals surface area contributed by atoms with Gasteiger partial charge in [-0.1, -0.05) is 11.6 Å². The third kappa shape index (κ3) is 5.20. The summed E-state index contributed by atoms with van der Waals surface area (Å²) in [5.74, 6) is -1.02. The Labute approximate surface area is 163 Å². The number of benzene rings is 1. The van der Waals surface area contributed by atoms with E-state index in [-0.39, 0.29) is 10.7 Å². The molecule has 1 aliphatic heterocycles. The summed E-state index contributed by atoms with van der Waals surface area (Å²) in [7, 11) is 0. The highest BCUT2D eigenvalue weighted by Crippen LogP contribution is 2.22. The van der Waals surface area contributed by atoms with E-state index in [2.05, 4.69) is 15.2 Å². The Morgan fingerprint density at radius 3 is 2.44 bits per heavy atom. The first-order chi connectivity index (χ1) is 13.0. The van der Waals surface area contributed by atoms with Crippen molar-refractivity contribution in [3.63, 3.8) is 0 Å². The summed E-state index contributed by atoms with van der Waals surface area (Å²) in [5.41, 5.74) is 2.06. The molecule has 2 aromatic rings. The minimum Gasteiger partial charge on any atom is -0.449 e. The Balaban J connectivity index is 1.54. The number of nitrogens with one attached hydrogen (secondary N) is 1. The lowest BCUT2D eigenvalue weighted by Gasteiger charge is -2.28. The van der Waals surface area contributed by atoms with E-state index >= 15 is 0 Å². The van der Waals surface area contributed by atoms with Crippen molar-refractivity contribution < 1.29 is 14.3 Å². The topological polar surface area (TPSA) is 71.5 Å². The SMILES string of the molecule is C[C@@H](OC(=O)c1ccc(Cl)nc1)C(=O)Nc1ccc(N2CCCCC2)cc1. The minimum atomic E-state index is -0.935. The third-order valence-electron chi connectivity index (χ3n) is 4.47. The van der Waals surface area contributed by atoms with E-state index < -0.39 is 18.0 Å². The van der Waals surface area contributed by atoms with Crippen molar-refractivity contribution in [2.24, 2.45) is 0 Å². The van der Waals surface area contributed by atoms with Crippen molar-refractivity contribution in [2.75, 3.05) is 23.3 Å². The van der Waals surface area contributed by atoms with Crippen molar-refractivity contribution in [2.45, 2.75) is 32.3 Å². The van der Waals surface area contributed by atoms with Gasteiger partial charge < -0.3 is 15.0 Å². The number of rotatable bonds is 5. The third-order valence-corrected chi connectivity index (χ3v) is 4.70. The largest absolute Gasteiger partial charge is 0.449 e. The second-order valence-corrected chi connectivity index (χ2v) is 6.89. The fraction of sp³-hybridized carbons (Fsp3) is 0.350. The van der Waals surface area contributed by atoms with E-state index in [1.54, 1.807) is 0 Å². The van der Waals surface area contributed by atoms with Gasteiger partial charge in [-0.3, -0.25) is 4.79 Å². The maximum absolute atomic E-state index is 12.3. The molecule has 1 amide bonds. The molecule has 27 heavy (non-hydrogen) atoms. The van der Waals surface area contributed by atoms with E-state index in [1.807, 2.05) is 24.3 Å². The monoisotopic (exact) mass is 387 g/mol. The van der Waals surface area contributed by atoms with Gasteiger partial charge in [-0.25, -0.2) is 9.78 Å². The van der Waals surface area contributed by atoms with Crippen LogP contribution in [0.1, 0.15) is 36.5 Å². The molecule has 0 radical (unpaired) electrons. The van der Waals surface area contributed by atoms with E-state index in [4.69, 9.17) is 16.3 Å². The van der Waals surface area contributed by atoms with Gasteiger partial charge in [-0.05, 0) is 62.6 Å². The van der Waals surface area contributed by atoms with Crippen LogP contribution in [0.15, 0.2) is 42.6 Å². The molecule has 2 heterocycles. The number of carbonyl (C=O) groups is 2. The van der Waals surface area contributed by atoms with Crippen molar-refractivity contribution in [3.8, 4) is 0 Å². The summed E-state index contributed by atoms with van der Waals surface area (Å²) in [4.78, 5) is 30.5. The first-order valence-corrected chi connectivity index (χ1v) is 9.39. The molecule has 0 bridgehead atoms. The lowest BCUT2D eigenvalue weighted by Crippen LogP contribution is -2.30. The van der Waals surface area contributed by atoms with Crippen molar-refractivity contribution in [3.05, 3.63) is 53.3 Å². The number of piperidine rings is 1. The average Bonchev–Trinajstić information content (AvgIpc) is 2.69. The Morgan fingerprint density at radius 1 is 1.11 bits per heavy atom. The molecule has 1 atom stereocenters. The number of nitrogens with zero attached hydrogens (tertiary/aromatic N) is 2. The number of pyridine rings is 1. The van der Waals surface area contributed by atoms with E-state index in [9.17, 15) is 9.59 Å². The summed E-state index contributed by atoms with van der Waals surface area (Å²) in [5, 5.41) is 3.05. The molecule has 0 unspecified atom stereocenters. The first kappa shape index (κ1) is 19.2. The van der Waals surface area contributed by atoms with E-state index in [0.717, 1.165) is 18.8 Å². The molecule has 1 N–H and O–H groups in total. The normalized spacial score (nSPS) is 15.1. The van der Waals surface area contributed by atoms with Crippen LogP contribution in [0.2, 0.25) is 5.15 Å². The predicted molar refractivity (Wildman–Crippen MR) is 105 cm³/mol. The molecule has 1 aliphatic rings. The van der Waals surface area contributed by atoms with Gasteiger partial charge in [0.15, 0.2) is 6.10 Å². The molecule has 0 spiro atoms.